The maximum atomic E-state index is 14.1. The Morgan fingerprint density at radius 1 is 1.16 bits per heavy atom. The lowest BCUT2D eigenvalue weighted by atomic mass is 9.77. The van der Waals surface area contributed by atoms with Crippen LogP contribution in [0.5, 0.6) is 0 Å². The molecule has 2 fully saturated rings. The molecule has 2 aromatic rings. The largest absolute Gasteiger partial charge is 0.332 e. The van der Waals surface area contributed by atoms with E-state index in [-0.39, 0.29) is 23.7 Å². The van der Waals surface area contributed by atoms with E-state index in [1.54, 1.807) is 18.0 Å². The molecule has 1 aromatic heterocycles. The predicted octanol–water partition coefficient (Wildman–Crippen LogP) is 4.01. The highest BCUT2D eigenvalue weighted by Crippen LogP contribution is 2.46. The van der Waals surface area contributed by atoms with Crippen LogP contribution < -0.4 is 4.90 Å². The highest BCUT2D eigenvalue weighted by Gasteiger charge is 2.48. The van der Waals surface area contributed by atoms with Crippen LogP contribution in [0.25, 0.3) is 0 Å². The van der Waals surface area contributed by atoms with Gasteiger partial charge in [0.05, 0.1) is 11.5 Å². The first-order chi connectivity index (χ1) is 15.4. The molecule has 168 valence electrons. The van der Waals surface area contributed by atoms with Gasteiger partial charge in [0.25, 0.3) is 0 Å². The maximum Gasteiger partial charge on any atom is 0.233 e. The van der Waals surface area contributed by atoms with Gasteiger partial charge in [-0.05, 0) is 56.7 Å². The fraction of sp³-hybridized carbons (Fsp3) is 0.520. The summed E-state index contributed by atoms with van der Waals surface area (Å²) in [6, 6.07) is 6.31. The van der Waals surface area contributed by atoms with Crippen LogP contribution in [0.3, 0.4) is 0 Å². The van der Waals surface area contributed by atoms with Crippen molar-refractivity contribution in [3.8, 4) is 0 Å². The highest BCUT2D eigenvalue weighted by atomic mass is 19.1. The number of rotatable bonds is 3. The fourth-order valence-electron chi connectivity index (χ4n) is 5.78. The summed E-state index contributed by atoms with van der Waals surface area (Å²) < 4.78 is 14.1. The summed E-state index contributed by atoms with van der Waals surface area (Å²) in [5.74, 6) is 1.09. The third-order valence-corrected chi connectivity index (χ3v) is 7.55. The number of carbonyl (C=O) groups excluding carboxylic acids is 2. The normalized spacial score (nSPS) is 22.3. The van der Waals surface area contributed by atoms with Gasteiger partial charge in [-0.15, -0.1) is 0 Å². The first kappa shape index (κ1) is 21.0. The van der Waals surface area contributed by atoms with E-state index in [1.165, 1.54) is 12.1 Å². The van der Waals surface area contributed by atoms with Crippen molar-refractivity contribution in [1.82, 2.24) is 14.9 Å². The van der Waals surface area contributed by atoms with Crippen LogP contribution in [0.2, 0.25) is 0 Å². The Morgan fingerprint density at radius 3 is 2.69 bits per heavy atom. The zero-order valence-electron chi connectivity index (χ0n) is 18.7. The Hall–Kier alpha value is -2.83. The van der Waals surface area contributed by atoms with Gasteiger partial charge in [0.1, 0.15) is 11.6 Å². The van der Waals surface area contributed by atoms with Crippen molar-refractivity contribution in [2.24, 2.45) is 0 Å². The zero-order valence-corrected chi connectivity index (χ0v) is 18.7. The predicted molar refractivity (Wildman–Crippen MR) is 119 cm³/mol. The number of aromatic nitrogens is 2. The van der Waals surface area contributed by atoms with Gasteiger partial charge in [-0.1, -0.05) is 25.0 Å². The van der Waals surface area contributed by atoms with Crippen molar-refractivity contribution in [3.05, 3.63) is 52.7 Å². The van der Waals surface area contributed by atoms with Gasteiger partial charge in [-0.25, -0.2) is 14.4 Å². The van der Waals surface area contributed by atoms with E-state index in [0.29, 0.717) is 31.0 Å². The van der Waals surface area contributed by atoms with E-state index in [4.69, 9.17) is 9.97 Å². The quantitative estimate of drug-likeness (QED) is 0.729. The lowest BCUT2D eigenvalue weighted by Gasteiger charge is -2.36. The minimum atomic E-state index is -0.680. The van der Waals surface area contributed by atoms with Gasteiger partial charge in [-0.2, -0.15) is 0 Å². The molecule has 0 radical (unpaired) electrons. The fourth-order valence-corrected chi connectivity index (χ4v) is 5.78. The Bertz CT molecular complexity index is 1080. The molecule has 0 unspecified atom stereocenters. The zero-order chi connectivity index (χ0) is 22.5. The molecule has 1 aromatic carbocycles. The second-order valence-corrected chi connectivity index (χ2v) is 9.38. The van der Waals surface area contributed by atoms with E-state index < -0.39 is 5.41 Å². The maximum absolute atomic E-state index is 14.1. The van der Waals surface area contributed by atoms with Crippen LogP contribution in [0.1, 0.15) is 73.6 Å². The van der Waals surface area contributed by atoms with Crippen molar-refractivity contribution < 1.29 is 14.0 Å². The standard InChI is InChI=1S/C25H29FN4O2/c1-16-19-10-11-21(31)29(2)23(19)28-22(27-16)20-9-6-14-30(20)24(32)25(12-3-4-13-25)17-7-5-8-18(26)15-17/h5,7-8,15,20H,3-4,6,9-14H2,1-2H3/t20-/m0/s1. The number of benzene rings is 1. The molecule has 7 heteroatoms. The molecule has 2 aliphatic heterocycles. The third kappa shape index (κ3) is 3.29. The molecule has 2 amide bonds. The first-order valence-corrected chi connectivity index (χ1v) is 11.6. The van der Waals surface area contributed by atoms with Gasteiger partial charge < -0.3 is 4.90 Å². The molecule has 1 atom stereocenters. The van der Waals surface area contributed by atoms with E-state index >= 15 is 0 Å². The number of hydrogen-bond donors (Lipinski definition) is 0. The van der Waals surface area contributed by atoms with Crippen LogP contribution in [0, 0.1) is 12.7 Å². The van der Waals surface area contributed by atoms with Crippen molar-refractivity contribution in [2.45, 2.75) is 69.7 Å². The molecule has 6 nitrogen and oxygen atoms in total. The average molecular weight is 437 g/mol. The molecule has 0 N–H and O–H groups in total. The number of anilines is 1. The second kappa shape index (κ2) is 7.94. The molecule has 1 aliphatic carbocycles. The Labute approximate surface area is 187 Å². The van der Waals surface area contributed by atoms with Crippen molar-refractivity contribution in [1.29, 1.82) is 0 Å². The number of carbonyl (C=O) groups is 2. The summed E-state index contributed by atoms with van der Waals surface area (Å²) in [7, 11) is 1.76. The third-order valence-electron chi connectivity index (χ3n) is 7.55. The molecule has 3 heterocycles. The number of likely N-dealkylation sites (tertiary alicyclic amines) is 1. The van der Waals surface area contributed by atoms with E-state index in [0.717, 1.165) is 55.3 Å². The Morgan fingerprint density at radius 2 is 1.94 bits per heavy atom. The van der Waals surface area contributed by atoms with Gasteiger partial charge in [0.15, 0.2) is 5.82 Å². The molecular weight excluding hydrogens is 407 g/mol. The second-order valence-electron chi connectivity index (χ2n) is 9.38. The highest BCUT2D eigenvalue weighted by molar-refractivity contribution is 5.95. The molecule has 1 saturated carbocycles. The summed E-state index contributed by atoms with van der Waals surface area (Å²) in [6.45, 7) is 2.61. The van der Waals surface area contributed by atoms with Gasteiger partial charge in [0.2, 0.25) is 11.8 Å². The minimum Gasteiger partial charge on any atom is -0.332 e. The number of fused-ring (bicyclic) bond motifs is 1. The number of amides is 2. The van der Waals surface area contributed by atoms with Crippen LogP contribution in [-0.4, -0.2) is 40.3 Å². The molecule has 0 bridgehead atoms. The van der Waals surface area contributed by atoms with Crippen molar-refractivity contribution >= 4 is 17.6 Å². The minimum absolute atomic E-state index is 0.0527. The lowest BCUT2D eigenvalue weighted by Crippen LogP contribution is -2.45. The monoisotopic (exact) mass is 436 g/mol. The topological polar surface area (TPSA) is 66.4 Å². The summed E-state index contributed by atoms with van der Waals surface area (Å²) in [5, 5.41) is 0. The van der Waals surface area contributed by atoms with Crippen molar-refractivity contribution in [2.75, 3.05) is 18.5 Å². The molecular formula is C25H29FN4O2. The van der Waals surface area contributed by atoms with Crippen LogP contribution >= 0.6 is 0 Å². The van der Waals surface area contributed by atoms with Crippen LogP contribution in [0.4, 0.5) is 10.2 Å². The summed E-state index contributed by atoms with van der Waals surface area (Å²) in [4.78, 5) is 39.4. The van der Waals surface area contributed by atoms with E-state index in [9.17, 15) is 14.0 Å². The Balaban J connectivity index is 1.52. The molecule has 3 aliphatic rings. The molecule has 0 spiro atoms. The van der Waals surface area contributed by atoms with E-state index in [1.807, 2.05) is 17.9 Å². The van der Waals surface area contributed by atoms with Gasteiger partial charge in [0, 0.05) is 31.3 Å². The average Bonchev–Trinajstić information content (AvgIpc) is 3.46. The van der Waals surface area contributed by atoms with Crippen LogP contribution in [0.15, 0.2) is 24.3 Å². The van der Waals surface area contributed by atoms with Crippen molar-refractivity contribution in [3.63, 3.8) is 0 Å². The molecule has 32 heavy (non-hydrogen) atoms. The number of halogens is 1. The first-order valence-electron chi connectivity index (χ1n) is 11.6. The smallest absolute Gasteiger partial charge is 0.233 e. The number of nitrogens with zero attached hydrogens (tertiary/aromatic N) is 4. The Kier molecular flexibility index (Phi) is 5.22. The number of aryl methyl sites for hydroxylation is 1. The van der Waals surface area contributed by atoms with Gasteiger partial charge in [-0.3, -0.25) is 14.5 Å². The summed E-state index contributed by atoms with van der Waals surface area (Å²) in [6.07, 6.45) is 6.19. The van der Waals surface area contributed by atoms with Gasteiger partial charge >= 0.3 is 0 Å². The molecule has 5 rings (SSSR count). The molecule has 1 saturated heterocycles. The van der Waals surface area contributed by atoms with E-state index in [2.05, 4.69) is 0 Å². The summed E-state index contributed by atoms with van der Waals surface area (Å²) >= 11 is 0. The summed E-state index contributed by atoms with van der Waals surface area (Å²) in [5.41, 5.74) is 1.99. The number of hydrogen-bond acceptors (Lipinski definition) is 4. The van der Waals surface area contributed by atoms with Crippen LogP contribution in [-0.2, 0) is 21.4 Å². The lowest BCUT2D eigenvalue weighted by molar-refractivity contribution is -0.138. The SMILES string of the molecule is Cc1nc([C@@H]2CCCN2C(=O)C2(c3cccc(F)c3)CCCC2)nc2c1CCC(=O)N2C.